The smallest absolute Gasteiger partial charge is 0.00201 e. The van der Waals surface area contributed by atoms with E-state index in [1.54, 1.807) is 0 Å². The number of fused-ring (bicyclic) bond motifs is 5. The molecule has 0 amide bonds. The van der Waals surface area contributed by atoms with Crippen LogP contribution in [-0.2, 0) is 0 Å². The maximum Gasteiger partial charge on any atom is -0.00201 e. The molecular weight excluding hydrogens is 553 g/mol. The largest absolute Gasteiger partial charge is 0.0622 e. The molecule has 214 valence electrons. The van der Waals surface area contributed by atoms with Crippen LogP contribution in [0.25, 0.3) is 87.6 Å². The topological polar surface area (TPSA) is 0 Å². The van der Waals surface area contributed by atoms with Crippen LogP contribution < -0.4 is 0 Å². The summed E-state index contributed by atoms with van der Waals surface area (Å²) in [5.41, 5.74) is 9.94. The number of rotatable bonds is 4. The first kappa shape index (κ1) is 26.4. The normalized spacial score (nSPS) is 11.5. The molecule has 9 aromatic carbocycles. The van der Waals surface area contributed by atoms with Gasteiger partial charge in [-0.3, -0.25) is 0 Å². The van der Waals surface area contributed by atoms with Gasteiger partial charge in [0.2, 0.25) is 0 Å². The maximum absolute atomic E-state index is 2.40. The van der Waals surface area contributed by atoms with E-state index >= 15 is 0 Å². The third-order valence-corrected chi connectivity index (χ3v) is 9.42. The molecule has 0 aliphatic carbocycles. The quantitative estimate of drug-likeness (QED) is 0.143. The lowest BCUT2D eigenvalue weighted by atomic mass is 9.84. The van der Waals surface area contributed by atoms with E-state index in [0.717, 1.165) is 0 Å². The molecule has 9 rings (SSSR count). The monoisotopic (exact) mass is 582 g/mol. The zero-order valence-electron chi connectivity index (χ0n) is 25.3. The highest BCUT2D eigenvalue weighted by Crippen LogP contribution is 2.45. The zero-order chi connectivity index (χ0) is 30.5. The van der Waals surface area contributed by atoms with Crippen LogP contribution in [0, 0.1) is 0 Å². The van der Waals surface area contributed by atoms with Crippen LogP contribution in [0.2, 0.25) is 0 Å². The zero-order valence-corrected chi connectivity index (χ0v) is 25.3. The second-order valence-electron chi connectivity index (χ2n) is 12.1. The van der Waals surface area contributed by atoms with Crippen LogP contribution in [0.1, 0.15) is 0 Å². The SMILES string of the molecule is c1ccc(-c2cccc3c(-c4cccc(-c5cc6ccccc6c6ccccc56)c4)c4c(-c5ccccc5)cccc4cc23)cc1. The van der Waals surface area contributed by atoms with Gasteiger partial charge in [0.1, 0.15) is 0 Å². The Morgan fingerprint density at radius 3 is 1.59 bits per heavy atom. The van der Waals surface area contributed by atoms with Gasteiger partial charge < -0.3 is 0 Å². The highest BCUT2D eigenvalue weighted by molar-refractivity contribution is 6.20. The van der Waals surface area contributed by atoms with Crippen LogP contribution in [0.5, 0.6) is 0 Å². The molecule has 0 N–H and O–H groups in total. The van der Waals surface area contributed by atoms with Gasteiger partial charge in [0.15, 0.2) is 0 Å². The molecule has 46 heavy (non-hydrogen) atoms. The van der Waals surface area contributed by atoms with E-state index < -0.39 is 0 Å². The molecule has 0 bridgehead atoms. The third-order valence-electron chi connectivity index (χ3n) is 9.42. The fourth-order valence-electron chi connectivity index (χ4n) is 7.36. The van der Waals surface area contributed by atoms with E-state index in [1.165, 1.54) is 87.6 Å². The van der Waals surface area contributed by atoms with E-state index in [4.69, 9.17) is 0 Å². The highest BCUT2D eigenvalue weighted by atomic mass is 14.2. The molecule has 0 fully saturated rings. The molecule has 0 atom stereocenters. The molecule has 0 heterocycles. The van der Waals surface area contributed by atoms with Gasteiger partial charge >= 0.3 is 0 Å². The first-order valence-electron chi connectivity index (χ1n) is 15.9. The van der Waals surface area contributed by atoms with Crippen molar-refractivity contribution in [1.82, 2.24) is 0 Å². The fraction of sp³-hybridized carbons (Fsp3) is 0. The van der Waals surface area contributed by atoms with Crippen molar-refractivity contribution in [2.24, 2.45) is 0 Å². The summed E-state index contributed by atoms with van der Waals surface area (Å²) in [5, 5.41) is 10.2. The van der Waals surface area contributed by atoms with Crippen molar-refractivity contribution in [3.63, 3.8) is 0 Å². The van der Waals surface area contributed by atoms with Crippen LogP contribution in [0.15, 0.2) is 182 Å². The Morgan fingerprint density at radius 2 is 0.783 bits per heavy atom. The second kappa shape index (κ2) is 10.9. The Kier molecular flexibility index (Phi) is 6.25. The molecule has 0 saturated carbocycles. The number of hydrogen-bond acceptors (Lipinski definition) is 0. The lowest BCUT2D eigenvalue weighted by Crippen LogP contribution is -1.92. The molecule has 0 spiro atoms. The van der Waals surface area contributed by atoms with Gasteiger partial charge in [-0.05, 0) is 106 Å². The Bertz CT molecular complexity index is 2560. The minimum atomic E-state index is 1.22. The highest BCUT2D eigenvalue weighted by Gasteiger charge is 2.18. The summed E-state index contributed by atoms with van der Waals surface area (Å²) in [4.78, 5) is 0. The van der Waals surface area contributed by atoms with Crippen molar-refractivity contribution in [1.29, 1.82) is 0 Å². The summed E-state index contributed by atoms with van der Waals surface area (Å²) in [6, 6.07) is 66.6. The fourth-order valence-corrected chi connectivity index (χ4v) is 7.36. The first-order chi connectivity index (χ1) is 22.8. The molecule has 9 aromatic rings. The van der Waals surface area contributed by atoms with Gasteiger partial charge in [-0.2, -0.15) is 0 Å². The summed E-state index contributed by atoms with van der Waals surface area (Å²) < 4.78 is 0. The van der Waals surface area contributed by atoms with Gasteiger partial charge in [-0.15, -0.1) is 0 Å². The van der Waals surface area contributed by atoms with Crippen LogP contribution in [-0.4, -0.2) is 0 Å². The molecule has 0 unspecified atom stereocenters. The van der Waals surface area contributed by atoms with Crippen LogP contribution in [0.4, 0.5) is 0 Å². The van der Waals surface area contributed by atoms with Gasteiger partial charge in [0, 0.05) is 0 Å². The van der Waals surface area contributed by atoms with Crippen molar-refractivity contribution < 1.29 is 0 Å². The Morgan fingerprint density at radius 1 is 0.239 bits per heavy atom. The lowest BCUT2D eigenvalue weighted by Gasteiger charge is -2.19. The number of benzene rings is 9. The predicted octanol–water partition coefficient (Wildman–Crippen LogP) is 13.0. The summed E-state index contributed by atoms with van der Waals surface area (Å²) in [7, 11) is 0. The standard InChI is InChI=1S/C46H30/c1-3-14-31(15-4-1)37-25-13-27-42-44(37)30-36-21-12-26-39(32-16-5-2-6-17-32)45(36)46(42)35-20-11-19-33(28-35)43-29-34-18-7-8-22-38(34)40-23-9-10-24-41(40)43/h1-30H. The molecule has 0 aromatic heterocycles. The summed E-state index contributed by atoms with van der Waals surface area (Å²) in [5.74, 6) is 0. The first-order valence-corrected chi connectivity index (χ1v) is 15.9. The van der Waals surface area contributed by atoms with Crippen molar-refractivity contribution in [2.45, 2.75) is 0 Å². The molecule has 0 heteroatoms. The molecule has 0 saturated heterocycles. The minimum Gasteiger partial charge on any atom is -0.0622 e. The third kappa shape index (κ3) is 4.30. The molecule has 0 aliphatic rings. The summed E-state index contributed by atoms with van der Waals surface area (Å²) >= 11 is 0. The van der Waals surface area contributed by atoms with Crippen LogP contribution >= 0.6 is 0 Å². The van der Waals surface area contributed by atoms with Gasteiger partial charge in [0.05, 0.1) is 0 Å². The van der Waals surface area contributed by atoms with Crippen molar-refractivity contribution >= 4 is 43.1 Å². The molecule has 0 aliphatic heterocycles. The van der Waals surface area contributed by atoms with Gasteiger partial charge in [0.25, 0.3) is 0 Å². The Balaban J connectivity index is 1.38. The average molecular weight is 583 g/mol. The number of hydrogen-bond donors (Lipinski definition) is 0. The summed E-state index contributed by atoms with van der Waals surface area (Å²) in [6.07, 6.45) is 0. The Hall–Kier alpha value is -5.98. The van der Waals surface area contributed by atoms with E-state index in [2.05, 4.69) is 182 Å². The minimum absolute atomic E-state index is 1.22. The average Bonchev–Trinajstić information content (AvgIpc) is 3.14. The second-order valence-corrected chi connectivity index (χ2v) is 12.1. The van der Waals surface area contributed by atoms with Gasteiger partial charge in [-0.1, -0.05) is 164 Å². The van der Waals surface area contributed by atoms with Crippen LogP contribution in [0.3, 0.4) is 0 Å². The molecule has 0 radical (unpaired) electrons. The predicted molar refractivity (Wildman–Crippen MR) is 198 cm³/mol. The summed E-state index contributed by atoms with van der Waals surface area (Å²) in [6.45, 7) is 0. The van der Waals surface area contributed by atoms with E-state index in [9.17, 15) is 0 Å². The van der Waals surface area contributed by atoms with Crippen molar-refractivity contribution in [3.05, 3.63) is 182 Å². The van der Waals surface area contributed by atoms with Gasteiger partial charge in [-0.25, -0.2) is 0 Å². The van der Waals surface area contributed by atoms with E-state index in [1.807, 2.05) is 0 Å². The van der Waals surface area contributed by atoms with E-state index in [0.29, 0.717) is 0 Å². The Labute approximate surface area is 268 Å². The van der Waals surface area contributed by atoms with Crippen molar-refractivity contribution in [3.8, 4) is 44.5 Å². The molecule has 0 nitrogen and oxygen atoms in total. The molecular formula is C46H30. The lowest BCUT2D eigenvalue weighted by molar-refractivity contribution is 1.62. The maximum atomic E-state index is 2.40. The van der Waals surface area contributed by atoms with Crippen molar-refractivity contribution in [2.75, 3.05) is 0 Å². The van der Waals surface area contributed by atoms with E-state index in [-0.39, 0.29) is 0 Å².